The molecule has 0 saturated carbocycles. The van der Waals surface area contributed by atoms with Gasteiger partial charge in [0.15, 0.2) is 6.10 Å². The number of carbonyl (C=O) groups excluding carboxylic acids is 3. The van der Waals surface area contributed by atoms with Crippen LogP contribution in [0, 0.1) is 0 Å². The minimum Gasteiger partial charge on any atom is -0.462 e. The second kappa shape index (κ2) is 52.3. The summed E-state index contributed by atoms with van der Waals surface area (Å²) in [6.45, 7) is 6.63. The van der Waals surface area contributed by atoms with Crippen molar-refractivity contribution in [2.45, 2.75) is 297 Å². The van der Waals surface area contributed by atoms with Crippen LogP contribution in [0.3, 0.4) is 0 Å². The molecule has 1 atom stereocenters. The Labute approximate surface area is 391 Å². The lowest BCUT2D eigenvalue weighted by molar-refractivity contribution is -0.167. The topological polar surface area (TPSA) is 78.9 Å². The Morgan fingerprint density at radius 2 is 0.571 bits per heavy atom. The van der Waals surface area contributed by atoms with E-state index >= 15 is 0 Å². The van der Waals surface area contributed by atoms with Crippen LogP contribution in [0.15, 0.2) is 36.5 Å². The summed E-state index contributed by atoms with van der Waals surface area (Å²) < 4.78 is 16.8. The van der Waals surface area contributed by atoms with Gasteiger partial charge in [-0.25, -0.2) is 0 Å². The van der Waals surface area contributed by atoms with Crippen LogP contribution in [0.2, 0.25) is 0 Å². The maximum atomic E-state index is 12.8. The molecule has 0 aromatic carbocycles. The van der Waals surface area contributed by atoms with E-state index in [-0.39, 0.29) is 31.1 Å². The molecule has 0 rings (SSSR count). The number of unbranched alkanes of at least 4 members (excludes halogenated alkanes) is 34. The fraction of sp³-hybridized carbons (Fsp3) is 0.842. The van der Waals surface area contributed by atoms with Crippen molar-refractivity contribution in [3.05, 3.63) is 36.5 Å². The van der Waals surface area contributed by atoms with Crippen LogP contribution in [0.25, 0.3) is 0 Å². The van der Waals surface area contributed by atoms with Crippen LogP contribution in [0.5, 0.6) is 0 Å². The highest BCUT2D eigenvalue weighted by molar-refractivity contribution is 5.71. The lowest BCUT2D eigenvalue weighted by Crippen LogP contribution is -2.30. The average molecular weight is 885 g/mol. The monoisotopic (exact) mass is 885 g/mol. The molecular weight excluding hydrogens is 781 g/mol. The molecule has 0 radical (unpaired) electrons. The summed E-state index contributed by atoms with van der Waals surface area (Å²) >= 11 is 0. The first-order valence-electron chi connectivity index (χ1n) is 27.5. The van der Waals surface area contributed by atoms with Gasteiger partial charge in [0, 0.05) is 19.3 Å². The lowest BCUT2D eigenvalue weighted by atomic mass is 10.0. The summed E-state index contributed by atoms with van der Waals surface area (Å²) in [6, 6.07) is 0. The fourth-order valence-electron chi connectivity index (χ4n) is 7.96. The van der Waals surface area contributed by atoms with Gasteiger partial charge in [-0.3, -0.25) is 14.4 Å². The molecular formula is C57H104O6. The number of ether oxygens (including phenoxy) is 3. The summed E-state index contributed by atoms with van der Waals surface area (Å²) in [5, 5.41) is 0. The number of carbonyl (C=O) groups is 3. The molecule has 0 bridgehead atoms. The molecule has 6 nitrogen and oxygen atoms in total. The zero-order chi connectivity index (χ0) is 45.8. The lowest BCUT2D eigenvalue weighted by Gasteiger charge is -2.18. The van der Waals surface area contributed by atoms with Crippen LogP contribution >= 0.6 is 0 Å². The van der Waals surface area contributed by atoms with Gasteiger partial charge in [0.2, 0.25) is 0 Å². The molecule has 0 heterocycles. The van der Waals surface area contributed by atoms with Crippen molar-refractivity contribution in [1.82, 2.24) is 0 Å². The molecule has 0 aromatic rings. The molecule has 0 fully saturated rings. The van der Waals surface area contributed by atoms with Gasteiger partial charge in [-0.15, -0.1) is 0 Å². The quantitative estimate of drug-likeness (QED) is 0.0199. The van der Waals surface area contributed by atoms with Crippen LogP contribution in [-0.4, -0.2) is 37.2 Å². The van der Waals surface area contributed by atoms with Crippen LogP contribution in [-0.2, 0) is 28.6 Å². The van der Waals surface area contributed by atoms with Gasteiger partial charge in [0.1, 0.15) is 13.2 Å². The summed E-state index contributed by atoms with van der Waals surface area (Å²) in [6.07, 6.45) is 61.3. The number of rotatable bonds is 50. The zero-order valence-corrected chi connectivity index (χ0v) is 42.1. The van der Waals surface area contributed by atoms with Crippen molar-refractivity contribution in [2.24, 2.45) is 0 Å². The standard InChI is InChI=1S/C57H104O6/c1-4-7-10-13-16-19-22-25-27-29-32-35-38-41-44-47-50-56(59)62-53-54(52-61-55(58)49-46-43-40-37-34-31-24-21-18-15-12-9-6-3)63-57(60)51-48-45-42-39-36-33-30-28-26-23-20-17-14-11-8-5-2/h27-30,32,35,54H,4-26,31,33-34,36-53H2,1-3H3/b29-27-,30-28-,35-32-. The Kier molecular flexibility index (Phi) is 50.3. The van der Waals surface area contributed by atoms with E-state index in [1.807, 2.05) is 0 Å². The molecule has 0 aliphatic rings. The third kappa shape index (κ3) is 50.5. The minimum atomic E-state index is -0.783. The highest BCUT2D eigenvalue weighted by Gasteiger charge is 2.19. The summed E-state index contributed by atoms with van der Waals surface area (Å²) in [5.41, 5.74) is 0. The molecule has 63 heavy (non-hydrogen) atoms. The van der Waals surface area contributed by atoms with E-state index in [0.717, 1.165) is 83.5 Å². The number of esters is 3. The Balaban J connectivity index is 4.40. The van der Waals surface area contributed by atoms with E-state index < -0.39 is 6.10 Å². The van der Waals surface area contributed by atoms with Crippen LogP contribution in [0.4, 0.5) is 0 Å². The van der Waals surface area contributed by atoms with Gasteiger partial charge in [-0.05, 0) is 70.6 Å². The third-order valence-corrected chi connectivity index (χ3v) is 12.1. The Morgan fingerprint density at radius 1 is 0.317 bits per heavy atom. The highest BCUT2D eigenvalue weighted by atomic mass is 16.6. The Morgan fingerprint density at radius 3 is 0.905 bits per heavy atom. The molecule has 1 unspecified atom stereocenters. The number of hydrogen-bond donors (Lipinski definition) is 0. The van der Waals surface area contributed by atoms with Crippen molar-refractivity contribution in [3.8, 4) is 0 Å². The molecule has 0 aromatic heterocycles. The first kappa shape index (κ1) is 60.6. The first-order valence-corrected chi connectivity index (χ1v) is 27.5. The van der Waals surface area contributed by atoms with Gasteiger partial charge >= 0.3 is 17.9 Å². The average Bonchev–Trinajstić information content (AvgIpc) is 3.28. The van der Waals surface area contributed by atoms with Crippen molar-refractivity contribution in [2.75, 3.05) is 13.2 Å². The zero-order valence-electron chi connectivity index (χ0n) is 42.1. The normalized spacial score (nSPS) is 12.2. The summed E-state index contributed by atoms with van der Waals surface area (Å²) in [4.78, 5) is 38.0. The number of hydrogen-bond acceptors (Lipinski definition) is 6. The van der Waals surface area contributed by atoms with Gasteiger partial charge < -0.3 is 14.2 Å². The fourth-order valence-corrected chi connectivity index (χ4v) is 7.96. The van der Waals surface area contributed by atoms with Crippen LogP contribution in [0.1, 0.15) is 290 Å². The van der Waals surface area contributed by atoms with E-state index in [4.69, 9.17) is 14.2 Å². The Bertz CT molecular complexity index is 1060. The summed E-state index contributed by atoms with van der Waals surface area (Å²) in [7, 11) is 0. The molecule has 0 saturated heterocycles. The predicted molar refractivity (Wildman–Crippen MR) is 270 cm³/mol. The molecule has 0 aliphatic heterocycles. The maximum absolute atomic E-state index is 12.8. The molecule has 6 heteroatoms. The first-order chi connectivity index (χ1) is 31.0. The minimum absolute atomic E-state index is 0.0808. The highest BCUT2D eigenvalue weighted by Crippen LogP contribution is 2.15. The third-order valence-electron chi connectivity index (χ3n) is 12.1. The molecule has 368 valence electrons. The van der Waals surface area contributed by atoms with Crippen molar-refractivity contribution >= 4 is 17.9 Å². The van der Waals surface area contributed by atoms with Gasteiger partial charge in [-0.2, -0.15) is 0 Å². The van der Waals surface area contributed by atoms with E-state index in [1.165, 1.54) is 167 Å². The van der Waals surface area contributed by atoms with Gasteiger partial charge in [-0.1, -0.05) is 237 Å². The van der Waals surface area contributed by atoms with Crippen molar-refractivity contribution in [1.29, 1.82) is 0 Å². The summed E-state index contributed by atoms with van der Waals surface area (Å²) in [5.74, 6) is -0.903. The number of allylic oxidation sites excluding steroid dienone is 6. The second-order valence-electron chi connectivity index (χ2n) is 18.5. The van der Waals surface area contributed by atoms with E-state index in [9.17, 15) is 14.4 Å². The molecule has 0 spiro atoms. The largest absolute Gasteiger partial charge is 0.462 e. The Hall–Kier alpha value is -2.37. The molecule has 0 N–H and O–H groups in total. The maximum Gasteiger partial charge on any atom is 0.306 e. The van der Waals surface area contributed by atoms with Gasteiger partial charge in [0.05, 0.1) is 0 Å². The van der Waals surface area contributed by atoms with Crippen molar-refractivity contribution in [3.63, 3.8) is 0 Å². The van der Waals surface area contributed by atoms with E-state index in [0.29, 0.717) is 19.3 Å². The van der Waals surface area contributed by atoms with Crippen molar-refractivity contribution < 1.29 is 28.6 Å². The SMILES string of the molecule is CCCCCCCCC/C=C\C=C/CCCCCC(=O)OCC(COC(=O)CCCCCCCCCCCCCCC)OC(=O)CCCCCCC/C=C\CCCCCCCCC. The van der Waals surface area contributed by atoms with E-state index in [1.54, 1.807) is 0 Å². The predicted octanol–water partition coefficient (Wildman–Crippen LogP) is 18.1. The molecule has 0 aliphatic carbocycles. The second-order valence-corrected chi connectivity index (χ2v) is 18.5. The van der Waals surface area contributed by atoms with E-state index in [2.05, 4.69) is 57.2 Å². The van der Waals surface area contributed by atoms with Crippen LogP contribution < -0.4 is 0 Å². The van der Waals surface area contributed by atoms with Gasteiger partial charge in [0.25, 0.3) is 0 Å². The molecule has 0 amide bonds. The smallest absolute Gasteiger partial charge is 0.306 e.